The topological polar surface area (TPSA) is 66.5 Å². The number of hydrazine groups is 1. The van der Waals surface area contributed by atoms with E-state index < -0.39 is 5.91 Å². The number of hydrogen-bond donors (Lipinski definition) is 1. The summed E-state index contributed by atoms with van der Waals surface area (Å²) in [6.07, 6.45) is 5.33. The molecule has 1 aliphatic heterocycles. The molecule has 6 rings (SSSR count). The number of halogens is 1. The predicted octanol–water partition coefficient (Wildman–Crippen LogP) is 2.04. The van der Waals surface area contributed by atoms with Crippen molar-refractivity contribution in [3.05, 3.63) is 47.0 Å². The maximum absolute atomic E-state index is 12.8. The van der Waals surface area contributed by atoms with E-state index in [4.69, 9.17) is 11.6 Å². The molecule has 1 N–H and O–H groups in total. The van der Waals surface area contributed by atoms with Crippen LogP contribution in [0.4, 0.5) is 0 Å². The summed E-state index contributed by atoms with van der Waals surface area (Å²) < 4.78 is 0. The molecule has 1 heterocycles. The molecule has 5 aliphatic rings. The Morgan fingerprint density at radius 2 is 1.71 bits per heavy atom. The van der Waals surface area contributed by atoms with Gasteiger partial charge in [-0.2, -0.15) is 5.01 Å². The van der Waals surface area contributed by atoms with E-state index >= 15 is 0 Å². The molecule has 2 bridgehead atoms. The molecule has 6 heteroatoms. The summed E-state index contributed by atoms with van der Waals surface area (Å²) in [5.74, 6) is -0.280. The first-order valence-electron chi connectivity index (χ1n) is 8.19. The second kappa shape index (κ2) is 4.70. The van der Waals surface area contributed by atoms with Crippen molar-refractivity contribution in [3.63, 3.8) is 0 Å². The third-order valence-corrected chi connectivity index (χ3v) is 6.20. The average Bonchev–Trinajstić information content (AvgIpc) is 3.36. The summed E-state index contributed by atoms with van der Waals surface area (Å²) in [7, 11) is 0. The van der Waals surface area contributed by atoms with E-state index in [0.29, 0.717) is 22.4 Å². The molecule has 3 fully saturated rings. The Kier molecular flexibility index (Phi) is 2.78. The molecule has 1 aromatic rings. The summed E-state index contributed by atoms with van der Waals surface area (Å²) in [5, 5.41) is 1.37. The second-order valence-electron chi connectivity index (χ2n) is 7.12. The maximum Gasteiger partial charge on any atom is 0.270 e. The smallest absolute Gasteiger partial charge is 0.270 e. The monoisotopic (exact) mass is 342 g/mol. The Hall–Kier alpha value is -2.14. The van der Waals surface area contributed by atoms with Gasteiger partial charge in [-0.3, -0.25) is 19.8 Å². The highest BCUT2D eigenvalue weighted by atomic mass is 35.5. The van der Waals surface area contributed by atoms with Gasteiger partial charge >= 0.3 is 0 Å². The number of benzene rings is 1. The Morgan fingerprint density at radius 3 is 2.29 bits per heavy atom. The molecule has 0 spiro atoms. The summed E-state index contributed by atoms with van der Waals surface area (Å²) in [6, 6.07) is 6.42. The van der Waals surface area contributed by atoms with Gasteiger partial charge in [-0.15, -0.1) is 0 Å². The van der Waals surface area contributed by atoms with Gasteiger partial charge < -0.3 is 0 Å². The molecular weight excluding hydrogens is 328 g/mol. The van der Waals surface area contributed by atoms with E-state index in [1.165, 1.54) is 6.07 Å². The fraction of sp³-hybridized carbons (Fsp3) is 0.389. The van der Waals surface area contributed by atoms with Gasteiger partial charge in [-0.1, -0.05) is 29.8 Å². The van der Waals surface area contributed by atoms with Crippen LogP contribution >= 0.6 is 11.6 Å². The van der Waals surface area contributed by atoms with Crippen LogP contribution in [0.1, 0.15) is 16.8 Å². The van der Waals surface area contributed by atoms with Crippen molar-refractivity contribution in [3.8, 4) is 0 Å². The Balaban J connectivity index is 1.41. The molecule has 2 saturated carbocycles. The number of nitrogens with zero attached hydrogens (tertiary/aromatic N) is 1. The molecule has 0 unspecified atom stereocenters. The van der Waals surface area contributed by atoms with Crippen molar-refractivity contribution in [2.24, 2.45) is 35.5 Å². The molecular formula is C18H15ClN2O3. The summed E-state index contributed by atoms with van der Waals surface area (Å²) in [6.45, 7) is 0. The highest BCUT2D eigenvalue weighted by Gasteiger charge is 2.67. The molecule has 24 heavy (non-hydrogen) atoms. The summed E-state index contributed by atoms with van der Waals surface area (Å²) in [4.78, 5) is 37.9. The second-order valence-corrected chi connectivity index (χ2v) is 7.55. The van der Waals surface area contributed by atoms with Crippen molar-refractivity contribution < 1.29 is 14.4 Å². The first-order valence-corrected chi connectivity index (χ1v) is 8.57. The lowest BCUT2D eigenvalue weighted by Gasteiger charge is -2.37. The lowest BCUT2D eigenvalue weighted by molar-refractivity contribution is -0.143. The van der Waals surface area contributed by atoms with Crippen molar-refractivity contribution >= 4 is 29.3 Å². The zero-order chi connectivity index (χ0) is 16.6. The van der Waals surface area contributed by atoms with E-state index in [-0.39, 0.29) is 35.5 Å². The summed E-state index contributed by atoms with van der Waals surface area (Å²) >= 11 is 5.89. The summed E-state index contributed by atoms with van der Waals surface area (Å²) in [5.41, 5.74) is 2.81. The molecule has 1 saturated heterocycles. The van der Waals surface area contributed by atoms with Crippen LogP contribution in [0.3, 0.4) is 0 Å². The zero-order valence-corrected chi connectivity index (χ0v) is 13.4. The number of nitrogens with one attached hydrogen (secondary N) is 1. The van der Waals surface area contributed by atoms with E-state index in [1.807, 2.05) is 0 Å². The highest BCUT2D eigenvalue weighted by molar-refractivity contribution is 6.31. The minimum absolute atomic E-state index is 0.148. The minimum atomic E-state index is -0.497. The molecule has 122 valence electrons. The standard InChI is InChI=1S/C18H15ClN2O3/c19-9-3-1-2-8(6-9)16(22)20-21-17(23)14-10-4-5-11(13-7-12(10)13)15(14)18(21)24/h1-6,10-15H,7H2,(H,20,22)/t10-,11-,12-,13+,14-,15-/m1/s1. The number of carbonyl (C=O) groups is 3. The number of hydrogen-bond acceptors (Lipinski definition) is 3. The van der Waals surface area contributed by atoms with Gasteiger partial charge in [0, 0.05) is 10.6 Å². The Morgan fingerprint density at radius 1 is 1.08 bits per heavy atom. The Bertz CT molecular complexity index is 784. The van der Waals surface area contributed by atoms with Crippen LogP contribution in [0.2, 0.25) is 5.02 Å². The van der Waals surface area contributed by atoms with Crippen LogP contribution in [0.5, 0.6) is 0 Å². The van der Waals surface area contributed by atoms with Gasteiger partial charge in [0.15, 0.2) is 0 Å². The first-order chi connectivity index (χ1) is 11.6. The van der Waals surface area contributed by atoms with Crippen LogP contribution in [-0.4, -0.2) is 22.7 Å². The van der Waals surface area contributed by atoms with Gasteiger partial charge in [0.2, 0.25) is 0 Å². The number of amides is 3. The maximum atomic E-state index is 12.8. The van der Waals surface area contributed by atoms with Gasteiger partial charge in [0.25, 0.3) is 17.7 Å². The average molecular weight is 343 g/mol. The number of allylic oxidation sites excluding steroid dienone is 2. The van der Waals surface area contributed by atoms with E-state index in [9.17, 15) is 14.4 Å². The lowest BCUT2D eigenvalue weighted by Crippen LogP contribution is -2.46. The predicted molar refractivity (Wildman–Crippen MR) is 85.5 cm³/mol. The fourth-order valence-corrected chi connectivity index (χ4v) is 5.05. The Labute approximate surface area is 143 Å². The molecule has 0 aromatic heterocycles. The fourth-order valence-electron chi connectivity index (χ4n) is 4.86. The number of imide groups is 1. The van der Waals surface area contributed by atoms with E-state index in [1.54, 1.807) is 18.2 Å². The van der Waals surface area contributed by atoms with Crippen molar-refractivity contribution in [1.29, 1.82) is 0 Å². The van der Waals surface area contributed by atoms with Crippen molar-refractivity contribution in [2.75, 3.05) is 0 Å². The molecule has 5 nitrogen and oxygen atoms in total. The molecule has 6 atom stereocenters. The van der Waals surface area contributed by atoms with Crippen LogP contribution in [0.25, 0.3) is 0 Å². The van der Waals surface area contributed by atoms with E-state index in [0.717, 1.165) is 11.4 Å². The zero-order valence-electron chi connectivity index (χ0n) is 12.7. The number of rotatable bonds is 2. The van der Waals surface area contributed by atoms with Crippen LogP contribution < -0.4 is 5.43 Å². The van der Waals surface area contributed by atoms with Crippen molar-refractivity contribution in [1.82, 2.24) is 10.4 Å². The van der Waals surface area contributed by atoms with Gasteiger partial charge in [0.05, 0.1) is 11.8 Å². The van der Waals surface area contributed by atoms with Gasteiger partial charge in [-0.25, -0.2) is 0 Å². The molecule has 4 aliphatic carbocycles. The third-order valence-electron chi connectivity index (χ3n) is 5.96. The van der Waals surface area contributed by atoms with Crippen LogP contribution in [0.15, 0.2) is 36.4 Å². The SMILES string of the molecule is O=C(NN1C(=O)[C@@H]2[C@@H]3C=C[C@H]([C@@H]4C[C@H]34)[C@H]2C1=O)c1cccc(Cl)c1. The quantitative estimate of drug-likeness (QED) is 0.660. The first kappa shape index (κ1) is 14.2. The van der Waals surface area contributed by atoms with Gasteiger partial charge in [-0.05, 0) is 48.3 Å². The minimum Gasteiger partial charge on any atom is -0.272 e. The van der Waals surface area contributed by atoms with Crippen LogP contribution in [-0.2, 0) is 9.59 Å². The van der Waals surface area contributed by atoms with Gasteiger partial charge in [0.1, 0.15) is 0 Å². The largest absolute Gasteiger partial charge is 0.272 e. The molecule has 0 radical (unpaired) electrons. The lowest BCUT2D eigenvalue weighted by atomic mass is 9.63. The number of carbonyl (C=O) groups excluding carboxylic acids is 3. The van der Waals surface area contributed by atoms with Crippen molar-refractivity contribution in [2.45, 2.75) is 6.42 Å². The van der Waals surface area contributed by atoms with Crippen LogP contribution in [0, 0.1) is 35.5 Å². The molecule has 1 aromatic carbocycles. The highest BCUT2D eigenvalue weighted by Crippen LogP contribution is 2.65. The molecule has 3 amide bonds. The normalized spacial score (nSPS) is 38.1. The van der Waals surface area contributed by atoms with E-state index in [2.05, 4.69) is 17.6 Å². The third kappa shape index (κ3) is 1.79.